The zero-order valence-corrected chi connectivity index (χ0v) is 19.2. The van der Waals surface area contributed by atoms with Crippen molar-refractivity contribution in [2.75, 3.05) is 14.2 Å². The molecule has 0 aromatic heterocycles. The van der Waals surface area contributed by atoms with E-state index in [2.05, 4.69) is 15.0 Å². The summed E-state index contributed by atoms with van der Waals surface area (Å²) in [4.78, 5) is 22.2. The van der Waals surface area contributed by atoms with Gasteiger partial charge in [0.25, 0.3) is 6.43 Å². The number of hydrogen-bond donors (Lipinski definition) is 0. The molecule has 0 fully saturated rings. The zero-order valence-electron chi connectivity index (χ0n) is 19.2. The molecule has 2 rings (SSSR count). The molecular formula is C23H24F4N2O5. The van der Waals surface area contributed by atoms with Crippen molar-refractivity contribution in [1.29, 1.82) is 0 Å². The number of aryl methyl sites for hydroxylation is 1. The second kappa shape index (κ2) is 11.5. The Bertz CT molecular complexity index is 1080. The first-order valence-electron chi connectivity index (χ1n) is 9.93. The molecule has 0 bridgehead atoms. The molecule has 0 saturated heterocycles. The minimum atomic E-state index is -3.60. The molecule has 7 nitrogen and oxygen atoms in total. The number of benzene rings is 2. The summed E-state index contributed by atoms with van der Waals surface area (Å²) in [5.74, 6) is -1.21. The standard InChI is InChI=1S/C23H24F4N2O5/c1-13-8-6-9-15(20(29-32-5)22(30)31-4)17(13)12-33-28-14(2)19-16(21(24)25)10-7-11-18(19)34-23(3,26)27/h6-11,21H,12H2,1-5H3/b28-14+,29-20+. The van der Waals surface area contributed by atoms with Crippen molar-refractivity contribution in [1.82, 2.24) is 0 Å². The molecule has 34 heavy (non-hydrogen) atoms. The van der Waals surface area contributed by atoms with Gasteiger partial charge < -0.3 is 19.1 Å². The molecule has 2 aromatic carbocycles. The van der Waals surface area contributed by atoms with Crippen LogP contribution in [0.3, 0.4) is 0 Å². The van der Waals surface area contributed by atoms with Gasteiger partial charge in [-0.1, -0.05) is 40.6 Å². The molecule has 2 aromatic rings. The Morgan fingerprint density at radius 3 is 2.35 bits per heavy atom. The average molecular weight is 484 g/mol. The first-order chi connectivity index (χ1) is 16.0. The Hall–Kier alpha value is -3.63. The van der Waals surface area contributed by atoms with Gasteiger partial charge in [0.2, 0.25) is 0 Å². The monoisotopic (exact) mass is 484 g/mol. The van der Waals surface area contributed by atoms with Crippen molar-refractivity contribution >= 4 is 17.4 Å². The van der Waals surface area contributed by atoms with Gasteiger partial charge in [0.15, 0.2) is 5.71 Å². The third-order valence-electron chi connectivity index (χ3n) is 4.58. The van der Waals surface area contributed by atoms with E-state index >= 15 is 0 Å². The molecule has 0 aliphatic rings. The highest BCUT2D eigenvalue weighted by Gasteiger charge is 2.28. The van der Waals surface area contributed by atoms with Gasteiger partial charge in [0, 0.05) is 23.6 Å². The van der Waals surface area contributed by atoms with E-state index in [1.807, 2.05) is 0 Å². The number of nitrogens with zero attached hydrogens (tertiary/aromatic N) is 2. The van der Waals surface area contributed by atoms with Crippen molar-refractivity contribution in [2.45, 2.75) is 39.9 Å². The van der Waals surface area contributed by atoms with Crippen LogP contribution in [0.5, 0.6) is 5.75 Å². The van der Waals surface area contributed by atoms with E-state index in [1.165, 1.54) is 27.2 Å². The summed E-state index contributed by atoms with van der Waals surface area (Å²) >= 11 is 0. The second-order valence-corrected chi connectivity index (χ2v) is 7.10. The number of halogens is 4. The van der Waals surface area contributed by atoms with E-state index in [0.717, 1.165) is 12.1 Å². The summed E-state index contributed by atoms with van der Waals surface area (Å²) in [6.45, 7) is 3.37. The molecule has 0 radical (unpaired) electrons. The predicted molar refractivity (Wildman–Crippen MR) is 116 cm³/mol. The van der Waals surface area contributed by atoms with Gasteiger partial charge in [-0.15, -0.1) is 0 Å². The maximum Gasteiger partial charge on any atom is 0.394 e. The molecule has 0 saturated carbocycles. The van der Waals surface area contributed by atoms with Crippen LogP contribution in [0.25, 0.3) is 0 Å². The van der Waals surface area contributed by atoms with Gasteiger partial charge >= 0.3 is 12.1 Å². The summed E-state index contributed by atoms with van der Waals surface area (Å²) in [7, 11) is 2.45. The number of ether oxygens (including phenoxy) is 2. The van der Waals surface area contributed by atoms with E-state index in [9.17, 15) is 22.4 Å². The largest absolute Gasteiger partial charge is 0.464 e. The summed E-state index contributed by atoms with van der Waals surface area (Å²) in [6.07, 6.45) is -6.57. The van der Waals surface area contributed by atoms with Crippen LogP contribution in [0.4, 0.5) is 17.6 Å². The summed E-state index contributed by atoms with van der Waals surface area (Å²) in [5, 5.41) is 7.56. The summed E-state index contributed by atoms with van der Waals surface area (Å²) < 4.78 is 63.3. The highest BCUT2D eigenvalue weighted by Crippen LogP contribution is 2.33. The first-order valence-corrected chi connectivity index (χ1v) is 9.93. The fourth-order valence-corrected chi connectivity index (χ4v) is 3.13. The lowest BCUT2D eigenvalue weighted by Crippen LogP contribution is -2.21. The van der Waals surface area contributed by atoms with Crippen molar-refractivity contribution < 1.29 is 41.5 Å². The second-order valence-electron chi connectivity index (χ2n) is 7.10. The topological polar surface area (TPSA) is 78.7 Å². The Morgan fingerprint density at radius 1 is 1.09 bits per heavy atom. The molecule has 0 aliphatic carbocycles. The van der Waals surface area contributed by atoms with E-state index in [1.54, 1.807) is 25.1 Å². The fourth-order valence-electron chi connectivity index (χ4n) is 3.13. The quantitative estimate of drug-likeness (QED) is 0.196. The summed E-state index contributed by atoms with van der Waals surface area (Å²) in [5.41, 5.74) is 0.494. The minimum Gasteiger partial charge on any atom is -0.464 e. The van der Waals surface area contributed by atoms with Crippen LogP contribution in [0.2, 0.25) is 0 Å². The zero-order chi connectivity index (χ0) is 25.5. The SMILES string of the molecule is CO/N=C(/C(=O)OC)c1cccc(C)c1CO/N=C(\C)c1c(OC(C)(F)F)cccc1C(F)F. The van der Waals surface area contributed by atoms with E-state index in [-0.39, 0.29) is 23.6 Å². The molecule has 11 heteroatoms. The lowest BCUT2D eigenvalue weighted by atomic mass is 9.99. The number of oxime groups is 2. The highest BCUT2D eigenvalue weighted by molar-refractivity contribution is 6.43. The van der Waals surface area contributed by atoms with Gasteiger partial charge in [-0.25, -0.2) is 13.6 Å². The molecule has 0 heterocycles. The molecule has 0 atom stereocenters. The van der Waals surface area contributed by atoms with Gasteiger partial charge in [0.05, 0.1) is 18.4 Å². The highest BCUT2D eigenvalue weighted by atomic mass is 19.3. The number of methoxy groups -OCH3 is 1. The lowest BCUT2D eigenvalue weighted by Gasteiger charge is -2.18. The van der Waals surface area contributed by atoms with Crippen LogP contribution in [0.15, 0.2) is 46.7 Å². The molecular weight excluding hydrogens is 460 g/mol. The third kappa shape index (κ3) is 6.69. The molecule has 0 aliphatic heterocycles. The number of carbonyl (C=O) groups excluding carboxylic acids is 1. The van der Waals surface area contributed by atoms with Crippen molar-refractivity contribution in [3.8, 4) is 5.75 Å². The Balaban J connectivity index is 2.43. The Labute approximate surface area is 193 Å². The van der Waals surface area contributed by atoms with E-state index in [0.29, 0.717) is 23.6 Å². The molecule has 0 spiro atoms. The van der Waals surface area contributed by atoms with Gasteiger partial charge in [0.1, 0.15) is 19.5 Å². The van der Waals surface area contributed by atoms with Crippen LogP contribution >= 0.6 is 0 Å². The number of carbonyl (C=O) groups is 1. The molecule has 0 unspecified atom stereocenters. The number of rotatable bonds is 10. The third-order valence-corrected chi connectivity index (χ3v) is 4.58. The van der Waals surface area contributed by atoms with Crippen LogP contribution in [0, 0.1) is 6.92 Å². The fraction of sp³-hybridized carbons (Fsp3) is 0.348. The van der Waals surface area contributed by atoms with Gasteiger partial charge in [-0.05, 0) is 25.5 Å². The minimum absolute atomic E-state index is 0.107. The Kier molecular flexibility index (Phi) is 8.99. The summed E-state index contributed by atoms with van der Waals surface area (Å²) in [6, 6.07) is 8.44. The number of esters is 1. The maximum absolute atomic E-state index is 13.6. The predicted octanol–water partition coefficient (Wildman–Crippen LogP) is 5.39. The average Bonchev–Trinajstić information content (AvgIpc) is 2.76. The van der Waals surface area contributed by atoms with E-state index < -0.39 is 29.8 Å². The molecule has 0 N–H and O–H groups in total. The van der Waals surface area contributed by atoms with Gasteiger partial charge in [-0.3, -0.25) is 0 Å². The van der Waals surface area contributed by atoms with Crippen LogP contribution in [-0.4, -0.2) is 37.7 Å². The first kappa shape index (κ1) is 26.6. The van der Waals surface area contributed by atoms with Crippen LogP contribution in [0.1, 0.15) is 48.1 Å². The van der Waals surface area contributed by atoms with Crippen LogP contribution < -0.4 is 4.74 Å². The van der Waals surface area contributed by atoms with Crippen LogP contribution in [-0.2, 0) is 25.8 Å². The van der Waals surface area contributed by atoms with Crippen molar-refractivity contribution in [3.05, 3.63) is 64.2 Å². The van der Waals surface area contributed by atoms with Crippen molar-refractivity contribution in [3.63, 3.8) is 0 Å². The van der Waals surface area contributed by atoms with E-state index in [4.69, 9.17) is 14.4 Å². The normalized spacial score (nSPS) is 12.5. The molecule has 184 valence electrons. The number of alkyl halides is 4. The lowest BCUT2D eigenvalue weighted by molar-refractivity contribution is -0.159. The maximum atomic E-state index is 13.6. The Morgan fingerprint density at radius 2 is 1.76 bits per heavy atom. The smallest absolute Gasteiger partial charge is 0.394 e. The van der Waals surface area contributed by atoms with Crippen molar-refractivity contribution in [2.24, 2.45) is 10.3 Å². The molecule has 0 amide bonds. The number of hydrogen-bond acceptors (Lipinski definition) is 7. The van der Waals surface area contributed by atoms with Gasteiger partial charge in [-0.2, -0.15) is 8.78 Å².